The van der Waals surface area contributed by atoms with Crippen molar-refractivity contribution >= 4 is 17.6 Å². The van der Waals surface area contributed by atoms with Crippen LogP contribution < -0.4 is 5.32 Å². The summed E-state index contributed by atoms with van der Waals surface area (Å²) in [5, 5.41) is 27.7. The SMILES string of the molecule is C#C[C@@]1(O)CC[C@@H]2[C@@H]3CCC4=CC(=NOCC(=O)N[C@H](Cc5ccc(O)cc5)C(=O)OC)CC[C@]4(C)[C@H]3CC[C@]21C. The van der Waals surface area contributed by atoms with Crippen molar-refractivity contribution in [3.8, 4) is 18.1 Å². The van der Waals surface area contributed by atoms with Crippen molar-refractivity contribution in [2.75, 3.05) is 13.7 Å². The van der Waals surface area contributed by atoms with Crippen LogP contribution in [0.1, 0.15) is 70.8 Å². The summed E-state index contributed by atoms with van der Waals surface area (Å²) >= 11 is 0. The third-order valence-corrected chi connectivity index (χ3v) is 10.9. The van der Waals surface area contributed by atoms with E-state index in [0.29, 0.717) is 24.2 Å². The van der Waals surface area contributed by atoms with Gasteiger partial charge in [-0.2, -0.15) is 0 Å². The van der Waals surface area contributed by atoms with Crippen molar-refractivity contribution < 1.29 is 29.4 Å². The number of allylic oxidation sites excluding steroid dienone is 2. The molecule has 3 saturated carbocycles. The van der Waals surface area contributed by atoms with Crippen LogP contribution in [0.3, 0.4) is 0 Å². The molecule has 41 heavy (non-hydrogen) atoms. The monoisotopic (exact) mass is 562 g/mol. The van der Waals surface area contributed by atoms with Gasteiger partial charge in [-0.15, -0.1) is 6.42 Å². The summed E-state index contributed by atoms with van der Waals surface area (Å²) in [4.78, 5) is 30.3. The minimum absolute atomic E-state index is 0.0967. The number of aromatic hydroxyl groups is 1. The predicted molar refractivity (Wildman–Crippen MR) is 155 cm³/mol. The first-order valence-corrected chi connectivity index (χ1v) is 14.8. The van der Waals surface area contributed by atoms with Gasteiger partial charge in [0.2, 0.25) is 0 Å². The number of phenolic OH excluding ortho intramolecular Hbond substituents is 1. The smallest absolute Gasteiger partial charge is 0.328 e. The predicted octanol–water partition coefficient (Wildman–Crippen LogP) is 4.29. The average molecular weight is 563 g/mol. The lowest BCUT2D eigenvalue weighted by Gasteiger charge is -2.58. The fraction of sp³-hybridized carbons (Fsp3) is 0.606. The van der Waals surface area contributed by atoms with Crippen LogP contribution in [0, 0.1) is 40.9 Å². The number of methoxy groups -OCH3 is 1. The van der Waals surface area contributed by atoms with E-state index in [9.17, 15) is 19.8 Å². The largest absolute Gasteiger partial charge is 0.508 e. The molecular weight excluding hydrogens is 520 g/mol. The van der Waals surface area contributed by atoms with Crippen LogP contribution in [0.25, 0.3) is 0 Å². The molecule has 0 heterocycles. The highest BCUT2D eigenvalue weighted by Crippen LogP contribution is 2.67. The number of hydrogen-bond donors (Lipinski definition) is 3. The highest BCUT2D eigenvalue weighted by molar-refractivity contribution is 5.96. The Morgan fingerprint density at radius 2 is 1.85 bits per heavy atom. The fourth-order valence-corrected chi connectivity index (χ4v) is 8.51. The Bertz CT molecular complexity index is 1280. The van der Waals surface area contributed by atoms with E-state index in [4.69, 9.17) is 16.0 Å². The molecule has 8 nitrogen and oxygen atoms in total. The average Bonchev–Trinajstić information content (AvgIpc) is 3.24. The van der Waals surface area contributed by atoms with Gasteiger partial charge in [0.1, 0.15) is 17.4 Å². The normalized spacial score (nSPS) is 35.6. The Labute approximate surface area is 242 Å². The van der Waals surface area contributed by atoms with E-state index in [0.717, 1.165) is 56.2 Å². The molecule has 0 spiro atoms. The van der Waals surface area contributed by atoms with Gasteiger partial charge in [-0.05, 0) is 98.3 Å². The van der Waals surface area contributed by atoms with Crippen LogP contribution in [0.5, 0.6) is 5.75 Å². The first-order chi connectivity index (χ1) is 19.5. The van der Waals surface area contributed by atoms with Gasteiger partial charge in [0.25, 0.3) is 5.91 Å². The molecule has 5 rings (SSSR count). The van der Waals surface area contributed by atoms with Crippen molar-refractivity contribution in [1.29, 1.82) is 0 Å². The molecule has 0 saturated heterocycles. The molecule has 3 fully saturated rings. The van der Waals surface area contributed by atoms with Crippen LogP contribution in [0.2, 0.25) is 0 Å². The summed E-state index contributed by atoms with van der Waals surface area (Å²) in [6, 6.07) is 5.55. The van der Waals surface area contributed by atoms with Gasteiger partial charge in [0.05, 0.1) is 12.8 Å². The number of amides is 1. The Morgan fingerprint density at radius 1 is 1.12 bits per heavy atom. The summed E-state index contributed by atoms with van der Waals surface area (Å²) in [5.74, 6) is 3.45. The zero-order valence-corrected chi connectivity index (χ0v) is 24.3. The molecule has 1 aromatic carbocycles. The minimum Gasteiger partial charge on any atom is -0.508 e. The van der Waals surface area contributed by atoms with E-state index < -0.39 is 23.5 Å². The van der Waals surface area contributed by atoms with Crippen LogP contribution in [0.15, 0.2) is 41.1 Å². The number of terminal acetylenes is 1. The van der Waals surface area contributed by atoms with Crippen LogP contribution in [0.4, 0.5) is 0 Å². The molecule has 4 aliphatic rings. The minimum atomic E-state index is -0.988. The zero-order chi connectivity index (χ0) is 29.4. The van der Waals surface area contributed by atoms with E-state index in [1.54, 1.807) is 12.1 Å². The molecule has 0 aromatic heterocycles. The standard InChI is InChI=1S/C33H42N2O6/c1-5-33(39)17-14-27-25-11-8-22-19-23(12-15-31(22,2)26(25)13-16-32(27,33)3)35-41-20-29(37)34-28(30(38)40-4)18-21-6-9-24(36)10-7-21/h1,6-7,9-10,19,25-28,36,39H,8,11-18,20H2,2-4H3,(H,34,37)/t25-,26+,27-,28-,31+,32-,33-/m1/s1. The van der Waals surface area contributed by atoms with E-state index in [-0.39, 0.29) is 29.6 Å². The number of aliphatic hydroxyl groups is 1. The second-order valence-electron chi connectivity index (χ2n) is 12.9. The van der Waals surface area contributed by atoms with Gasteiger partial charge >= 0.3 is 5.97 Å². The Balaban J connectivity index is 1.20. The van der Waals surface area contributed by atoms with Gasteiger partial charge in [-0.3, -0.25) is 4.79 Å². The molecule has 1 aromatic rings. The fourth-order valence-electron chi connectivity index (χ4n) is 8.51. The first kappa shape index (κ1) is 29.2. The van der Waals surface area contributed by atoms with E-state index in [1.165, 1.54) is 24.8 Å². The molecule has 0 aliphatic heterocycles. The number of nitrogens with one attached hydrogen (secondary N) is 1. The number of phenols is 1. The number of benzene rings is 1. The second kappa shape index (κ2) is 11.2. The van der Waals surface area contributed by atoms with Crippen molar-refractivity contribution in [2.24, 2.45) is 33.7 Å². The summed E-state index contributed by atoms with van der Waals surface area (Å²) in [7, 11) is 1.27. The Hall–Kier alpha value is -3.31. The number of fused-ring (bicyclic) bond motifs is 5. The number of esters is 1. The van der Waals surface area contributed by atoms with E-state index in [1.807, 2.05) is 0 Å². The van der Waals surface area contributed by atoms with Crippen molar-refractivity contribution in [3.05, 3.63) is 41.5 Å². The quantitative estimate of drug-likeness (QED) is 0.259. The van der Waals surface area contributed by atoms with Gasteiger partial charge < -0.3 is 25.1 Å². The summed E-state index contributed by atoms with van der Waals surface area (Å²) in [5.41, 5.74) is 1.92. The third kappa shape index (κ3) is 5.25. The Kier molecular flexibility index (Phi) is 7.95. The molecule has 4 aliphatic carbocycles. The topological polar surface area (TPSA) is 117 Å². The maximum absolute atomic E-state index is 12.6. The Morgan fingerprint density at radius 3 is 2.56 bits per heavy atom. The van der Waals surface area contributed by atoms with Crippen LogP contribution in [-0.4, -0.2) is 53.2 Å². The van der Waals surface area contributed by atoms with Crippen molar-refractivity contribution in [2.45, 2.75) is 83.3 Å². The third-order valence-electron chi connectivity index (χ3n) is 10.9. The molecule has 0 radical (unpaired) electrons. The first-order valence-electron chi connectivity index (χ1n) is 14.8. The maximum atomic E-state index is 12.6. The number of nitrogens with zero attached hydrogens (tertiary/aromatic N) is 1. The number of carbonyl (C=O) groups excluding carboxylic acids is 2. The molecule has 220 valence electrons. The lowest BCUT2D eigenvalue weighted by molar-refractivity contribution is -0.145. The highest BCUT2D eigenvalue weighted by atomic mass is 16.6. The molecule has 3 N–H and O–H groups in total. The van der Waals surface area contributed by atoms with Crippen LogP contribution >= 0.6 is 0 Å². The maximum Gasteiger partial charge on any atom is 0.328 e. The molecule has 7 atom stereocenters. The van der Waals surface area contributed by atoms with Crippen LogP contribution in [-0.2, 0) is 25.6 Å². The van der Waals surface area contributed by atoms with Gasteiger partial charge in [-0.25, -0.2) is 4.79 Å². The lowest BCUT2D eigenvalue weighted by Crippen LogP contribution is -2.54. The number of oxime groups is 1. The van der Waals surface area contributed by atoms with Crippen molar-refractivity contribution in [3.63, 3.8) is 0 Å². The van der Waals surface area contributed by atoms with Gasteiger partial charge in [0, 0.05) is 11.8 Å². The summed E-state index contributed by atoms with van der Waals surface area (Å²) < 4.78 is 4.85. The van der Waals surface area contributed by atoms with E-state index in [2.05, 4.69) is 36.3 Å². The summed E-state index contributed by atoms with van der Waals surface area (Å²) in [6.45, 7) is 4.30. The number of ether oxygens (including phenoxy) is 1. The van der Waals surface area contributed by atoms with Gasteiger partial charge in [-0.1, -0.05) is 42.6 Å². The highest BCUT2D eigenvalue weighted by Gasteiger charge is 2.63. The van der Waals surface area contributed by atoms with E-state index >= 15 is 0 Å². The zero-order valence-electron chi connectivity index (χ0n) is 24.3. The number of hydrogen-bond acceptors (Lipinski definition) is 7. The van der Waals surface area contributed by atoms with Crippen molar-refractivity contribution in [1.82, 2.24) is 5.32 Å². The lowest BCUT2D eigenvalue weighted by atomic mass is 9.46. The molecular formula is C33H42N2O6. The number of rotatable bonds is 7. The second-order valence-corrected chi connectivity index (χ2v) is 12.9. The number of carbonyl (C=O) groups is 2. The summed E-state index contributed by atoms with van der Waals surface area (Å²) in [6.07, 6.45) is 15.8. The van der Waals surface area contributed by atoms with Gasteiger partial charge in [0.15, 0.2) is 6.61 Å². The molecule has 0 unspecified atom stereocenters. The molecule has 1 amide bonds. The molecule has 0 bridgehead atoms. The molecule has 8 heteroatoms.